The van der Waals surface area contributed by atoms with E-state index in [0.717, 1.165) is 16.5 Å². The fourth-order valence-corrected chi connectivity index (χ4v) is 2.33. The molecule has 2 aromatic rings. The Morgan fingerprint density at radius 3 is 2.74 bits per heavy atom. The van der Waals surface area contributed by atoms with Crippen molar-refractivity contribution in [3.05, 3.63) is 42.5 Å². The summed E-state index contributed by atoms with van der Waals surface area (Å²) in [7, 11) is 1.37. The monoisotopic (exact) mass is 277 g/mol. The van der Waals surface area contributed by atoms with Gasteiger partial charge in [-0.3, -0.25) is 9.88 Å². The van der Waals surface area contributed by atoms with E-state index in [9.17, 15) is 4.79 Å². The van der Waals surface area contributed by atoms with Gasteiger partial charge in [-0.05, 0) is 18.4 Å². The van der Waals surface area contributed by atoms with Gasteiger partial charge in [0.05, 0.1) is 7.11 Å². The van der Waals surface area contributed by atoms with Crippen LogP contribution >= 0.6 is 8.96 Å². The van der Waals surface area contributed by atoms with Gasteiger partial charge in [-0.2, -0.15) is 0 Å². The van der Waals surface area contributed by atoms with Crippen LogP contribution in [0.25, 0.3) is 10.8 Å². The van der Waals surface area contributed by atoms with E-state index in [-0.39, 0.29) is 21.0 Å². The Balaban J connectivity index is 2.00. The third-order valence-electron chi connectivity index (χ3n) is 2.74. The summed E-state index contributed by atoms with van der Waals surface area (Å²) in [6, 6.07) is 13.5. The minimum absolute atomic E-state index is 0.00173. The first-order chi connectivity index (χ1) is 9.22. The molecule has 0 saturated carbocycles. The summed E-state index contributed by atoms with van der Waals surface area (Å²) in [5, 5.41) is 5.17. The Morgan fingerprint density at radius 2 is 1.95 bits per heavy atom. The highest BCUT2D eigenvalue weighted by Crippen LogP contribution is 2.28. The first kappa shape index (κ1) is 13.8. The van der Waals surface area contributed by atoms with Gasteiger partial charge in [-0.25, -0.2) is 0 Å². The van der Waals surface area contributed by atoms with Crippen LogP contribution in [0.15, 0.2) is 42.5 Å². The Hall–Kier alpha value is -1.64. The molecule has 0 saturated heterocycles. The van der Waals surface area contributed by atoms with Crippen LogP contribution in [-0.2, 0) is 9.53 Å². The summed E-state index contributed by atoms with van der Waals surface area (Å²) in [6.45, 7) is 1.74. The van der Waals surface area contributed by atoms with Crippen molar-refractivity contribution in [3.8, 4) is 5.75 Å². The lowest BCUT2D eigenvalue weighted by Gasteiger charge is -2.13. The molecule has 0 amide bonds. The maximum absolute atomic E-state index is 11.2. The molecule has 0 bridgehead atoms. The summed E-state index contributed by atoms with van der Waals surface area (Å²) in [5.74, 6) is 0.509. The Bertz CT molecular complexity index is 568. The average molecular weight is 277 g/mol. The summed E-state index contributed by atoms with van der Waals surface area (Å²) in [4.78, 5) is 11.2. The van der Waals surface area contributed by atoms with Gasteiger partial charge in [0.25, 0.3) is 0 Å². The van der Waals surface area contributed by atoms with E-state index >= 15 is 0 Å². The molecule has 0 fully saturated rings. The molecule has 2 aromatic carbocycles. The maximum atomic E-state index is 11.2. The number of nitrogens with one attached hydrogen (secondary N) is 1. The van der Waals surface area contributed by atoms with Gasteiger partial charge in [0.2, 0.25) is 0 Å². The van der Waals surface area contributed by atoms with E-state index in [0.29, 0.717) is 0 Å². The van der Waals surface area contributed by atoms with E-state index in [1.165, 1.54) is 7.11 Å². The van der Waals surface area contributed by atoms with Crippen LogP contribution in [0, 0.1) is 0 Å². The number of benzene rings is 2. The standard InChI is InChI=1S/C14H16NO3P/c1-10(14(16)17-2)15-19-18-13-9-5-7-11-6-3-4-8-12(11)13/h3-10,15,19H,1-2H3/t10-/m0/s1. The van der Waals surface area contributed by atoms with Crippen molar-refractivity contribution in [2.75, 3.05) is 7.11 Å². The van der Waals surface area contributed by atoms with Crippen LogP contribution in [0.4, 0.5) is 0 Å². The predicted molar refractivity (Wildman–Crippen MR) is 77.5 cm³/mol. The van der Waals surface area contributed by atoms with Gasteiger partial charge in [-0.1, -0.05) is 36.4 Å². The third kappa shape index (κ3) is 3.43. The van der Waals surface area contributed by atoms with Gasteiger partial charge >= 0.3 is 5.97 Å². The van der Waals surface area contributed by atoms with E-state index < -0.39 is 0 Å². The highest BCUT2D eigenvalue weighted by atomic mass is 31.1. The van der Waals surface area contributed by atoms with Crippen molar-refractivity contribution >= 4 is 25.7 Å². The van der Waals surface area contributed by atoms with Crippen molar-refractivity contribution in [3.63, 3.8) is 0 Å². The highest BCUT2D eigenvalue weighted by molar-refractivity contribution is 7.30. The third-order valence-corrected chi connectivity index (χ3v) is 3.61. The normalized spacial score (nSPS) is 12.7. The first-order valence-electron chi connectivity index (χ1n) is 5.95. The number of hydrogen-bond acceptors (Lipinski definition) is 4. The van der Waals surface area contributed by atoms with E-state index in [2.05, 4.69) is 9.82 Å². The Morgan fingerprint density at radius 1 is 1.21 bits per heavy atom. The number of carbonyl (C=O) groups is 1. The molecule has 4 nitrogen and oxygen atoms in total. The largest absolute Gasteiger partial charge is 0.468 e. The average Bonchev–Trinajstić information content (AvgIpc) is 2.46. The van der Waals surface area contributed by atoms with Crippen LogP contribution in [-0.4, -0.2) is 19.1 Å². The van der Waals surface area contributed by atoms with Crippen molar-refractivity contribution in [2.45, 2.75) is 13.0 Å². The first-order valence-corrected chi connectivity index (χ1v) is 6.86. The molecule has 5 heteroatoms. The molecule has 1 N–H and O–H groups in total. The number of methoxy groups -OCH3 is 1. The second-order valence-corrected chi connectivity index (χ2v) is 4.77. The molecular weight excluding hydrogens is 261 g/mol. The summed E-state index contributed by atoms with van der Waals surface area (Å²) >= 11 is 0. The van der Waals surface area contributed by atoms with Crippen LogP contribution < -0.4 is 9.61 Å². The SMILES string of the molecule is COC(=O)[C@H](C)NPOc1cccc2ccccc12. The summed E-state index contributed by atoms with van der Waals surface area (Å²) in [6.07, 6.45) is 0. The number of fused-ring (bicyclic) bond motifs is 1. The van der Waals surface area contributed by atoms with Crippen LogP contribution in [0.3, 0.4) is 0 Å². The lowest BCUT2D eigenvalue weighted by atomic mass is 10.1. The predicted octanol–water partition coefficient (Wildman–Crippen LogP) is 2.88. The summed E-state index contributed by atoms with van der Waals surface area (Å²) in [5.41, 5.74) is 0. The van der Waals surface area contributed by atoms with Gasteiger partial charge < -0.3 is 9.26 Å². The zero-order valence-electron chi connectivity index (χ0n) is 10.8. The molecule has 2 atom stereocenters. The van der Waals surface area contributed by atoms with Gasteiger partial charge in [0.15, 0.2) is 0 Å². The quantitative estimate of drug-likeness (QED) is 0.674. The second kappa shape index (κ2) is 6.50. The van der Waals surface area contributed by atoms with Crippen molar-refractivity contribution in [2.24, 2.45) is 0 Å². The number of carbonyl (C=O) groups excluding carboxylic acids is 1. The van der Waals surface area contributed by atoms with Crippen molar-refractivity contribution < 1.29 is 14.1 Å². The molecule has 19 heavy (non-hydrogen) atoms. The molecule has 0 radical (unpaired) electrons. The van der Waals surface area contributed by atoms with E-state index in [1.807, 2.05) is 42.5 Å². The molecule has 0 aromatic heterocycles. The maximum Gasteiger partial charge on any atom is 0.322 e. The minimum Gasteiger partial charge on any atom is -0.468 e. The van der Waals surface area contributed by atoms with E-state index in [4.69, 9.17) is 4.52 Å². The molecular formula is C14H16NO3P. The highest BCUT2D eigenvalue weighted by Gasteiger charge is 2.12. The zero-order valence-corrected chi connectivity index (χ0v) is 11.8. The zero-order chi connectivity index (χ0) is 13.7. The fourth-order valence-electron chi connectivity index (χ4n) is 1.69. The molecule has 100 valence electrons. The van der Waals surface area contributed by atoms with Gasteiger partial charge in [0.1, 0.15) is 20.7 Å². The van der Waals surface area contributed by atoms with Gasteiger partial charge in [0, 0.05) is 5.39 Å². The fraction of sp³-hybridized carbons (Fsp3) is 0.214. The smallest absolute Gasteiger partial charge is 0.322 e. The van der Waals surface area contributed by atoms with Crippen LogP contribution in [0.5, 0.6) is 5.75 Å². The lowest BCUT2D eigenvalue weighted by molar-refractivity contribution is -0.142. The molecule has 2 rings (SSSR count). The molecule has 0 aliphatic carbocycles. The second-order valence-electron chi connectivity index (χ2n) is 4.07. The summed E-state index contributed by atoms with van der Waals surface area (Å²) < 4.78 is 10.3. The van der Waals surface area contributed by atoms with Crippen LogP contribution in [0.2, 0.25) is 0 Å². The Labute approximate surface area is 114 Å². The van der Waals surface area contributed by atoms with Crippen molar-refractivity contribution in [1.82, 2.24) is 5.09 Å². The van der Waals surface area contributed by atoms with Gasteiger partial charge in [-0.15, -0.1) is 0 Å². The molecule has 0 aliphatic heterocycles. The number of rotatable bonds is 5. The molecule has 0 heterocycles. The van der Waals surface area contributed by atoms with Crippen molar-refractivity contribution in [1.29, 1.82) is 0 Å². The molecule has 0 spiro atoms. The van der Waals surface area contributed by atoms with Crippen LogP contribution in [0.1, 0.15) is 6.92 Å². The number of esters is 1. The molecule has 0 aliphatic rings. The number of hydrogen-bond donors (Lipinski definition) is 1. The lowest BCUT2D eigenvalue weighted by Crippen LogP contribution is -2.29. The topological polar surface area (TPSA) is 47.6 Å². The van der Waals surface area contributed by atoms with E-state index in [1.54, 1.807) is 6.92 Å². The molecule has 1 unspecified atom stereocenters. The Kier molecular flexibility index (Phi) is 4.72. The number of ether oxygens (including phenoxy) is 1. The minimum atomic E-state index is -0.377.